The highest BCUT2D eigenvalue weighted by Crippen LogP contribution is 2.03. The Morgan fingerprint density at radius 3 is 2.41 bits per heavy atom. The molecule has 0 aromatic heterocycles. The average molecular weight is 244 g/mol. The van der Waals surface area contributed by atoms with Crippen LogP contribution in [-0.4, -0.2) is 50.6 Å². The van der Waals surface area contributed by atoms with Crippen molar-refractivity contribution in [2.45, 2.75) is 26.7 Å². The normalized spacial score (nSPS) is 10.4. The molecule has 0 aromatic carbocycles. The van der Waals surface area contributed by atoms with Crippen LogP contribution in [0.4, 0.5) is 0 Å². The molecule has 0 bridgehead atoms. The van der Waals surface area contributed by atoms with Gasteiger partial charge in [-0.05, 0) is 13.0 Å². The number of carbonyl (C=O) groups is 2. The molecule has 0 radical (unpaired) electrons. The summed E-state index contributed by atoms with van der Waals surface area (Å²) in [5.41, 5.74) is 0. The summed E-state index contributed by atoms with van der Waals surface area (Å²) in [5.74, 6) is 0.198. The van der Waals surface area contributed by atoms with E-state index in [1.807, 2.05) is 7.05 Å². The summed E-state index contributed by atoms with van der Waals surface area (Å²) in [5, 5.41) is 2.94. The summed E-state index contributed by atoms with van der Waals surface area (Å²) in [4.78, 5) is 24.7. The second kappa shape index (κ2) is 8.98. The van der Waals surface area contributed by atoms with Crippen LogP contribution in [0.2, 0.25) is 0 Å². The van der Waals surface area contributed by atoms with Gasteiger partial charge in [0.2, 0.25) is 5.91 Å². The number of methoxy groups -OCH3 is 1. The zero-order chi connectivity index (χ0) is 13.3. The van der Waals surface area contributed by atoms with Gasteiger partial charge in [0.25, 0.3) is 0 Å². The maximum Gasteiger partial charge on any atom is 0.307 e. The molecule has 1 N–H and O–H groups in total. The third kappa shape index (κ3) is 7.74. The molecule has 0 rings (SSSR count). The van der Waals surface area contributed by atoms with Crippen LogP contribution in [0.15, 0.2) is 0 Å². The highest BCUT2D eigenvalue weighted by atomic mass is 16.5. The fourth-order valence-electron chi connectivity index (χ4n) is 1.48. The van der Waals surface area contributed by atoms with Crippen molar-refractivity contribution in [2.75, 3.05) is 33.8 Å². The van der Waals surface area contributed by atoms with Crippen molar-refractivity contribution < 1.29 is 14.3 Å². The fraction of sp³-hybridized carbons (Fsp3) is 0.833. The first kappa shape index (κ1) is 15.9. The summed E-state index contributed by atoms with van der Waals surface area (Å²) in [7, 11) is 3.17. The molecule has 0 aliphatic carbocycles. The van der Waals surface area contributed by atoms with Crippen molar-refractivity contribution in [3.63, 3.8) is 0 Å². The molecule has 5 nitrogen and oxygen atoms in total. The van der Waals surface area contributed by atoms with E-state index < -0.39 is 0 Å². The van der Waals surface area contributed by atoms with Gasteiger partial charge in [-0.1, -0.05) is 13.8 Å². The summed E-state index contributed by atoms with van der Waals surface area (Å²) in [6.07, 6.45) is 0.721. The lowest BCUT2D eigenvalue weighted by molar-refractivity contribution is -0.141. The monoisotopic (exact) mass is 244 g/mol. The van der Waals surface area contributed by atoms with E-state index in [1.165, 1.54) is 7.11 Å². The Hall–Kier alpha value is -1.10. The molecule has 0 spiro atoms. The molecule has 5 heteroatoms. The van der Waals surface area contributed by atoms with E-state index in [1.54, 1.807) is 4.90 Å². The van der Waals surface area contributed by atoms with E-state index in [-0.39, 0.29) is 18.3 Å². The second-order valence-electron chi connectivity index (χ2n) is 4.41. The zero-order valence-electron chi connectivity index (χ0n) is 11.3. The van der Waals surface area contributed by atoms with Crippen molar-refractivity contribution >= 4 is 11.9 Å². The molecule has 100 valence electrons. The first-order valence-electron chi connectivity index (χ1n) is 6.00. The third-order valence-corrected chi connectivity index (χ3v) is 2.34. The predicted molar refractivity (Wildman–Crippen MR) is 66.6 cm³/mol. The number of esters is 1. The smallest absolute Gasteiger partial charge is 0.307 e. The average Bonchev–Trinajstić information content (AvgIpc) is 2.30. The van der Waals surface area contributed by atoms with Crippen LogP contribution in [0.1, 0.15) is 26.7 Å². The third-order valence-electron chi connectivity index (χ3n) is 2.34. The highest BCUT2D eigenvalue weighted by molar-refractivity contribution is 5.77. The first-order valence-corrected chi connectivity index (χ1v) is 6.00. The standard InChI is InChI=1S/C12H24N2O3/c1-10(2)9-14(8-6-12(16)17-4)11(15)5-7-13-3/h10,13H,5-9H2,1-4H3. The number of amides is 1. The number of hydrogen-bond acceptors (Lipinski definition) is 4. The van der Waals surface area contributed by atoms with Crippen LogP contribution in [0.5, 0.6) is 0 Å². The minimum absolute atomic E-state index is 0.0805. The Balaban J connectivity index is 4.21. The molecular weight excluding hydrogens is 220 g/mol. The van der Waals surface area contributed by atoms with Gasteiger partial charge in [-0.25, -0.2) is 0 Å². The lowest BCUT2D eigenvalue weighted by Crippen LogP contribution is -2.37. The minimum Gasteiger partial charge on any atom is -0.469 e. The number of ether oxygens (including phenoxy) is 1. The lowest BCUT2D eigenvalue weighted by atomic mass is 10.2. The molecule has 0 aliphatic heterocycles. The van der Waals surface area contributed by atoms with Crippen LogP contribution in [0.3, 0.4) is 0 Å². The van der Waals surface area contributed by atoms with Crippen molar-refractivity contribution in [3.8, 4) is 0 Å². The first-order chi connectivity index (χ1) is 8.01. The zero-order valence-corrected chi connectivity index (χ0v) is 11.3. The van der Waals surface area contributed by atoms with Gasteiger partial charge in [-0.3, -0.25) is 9.59 Å². The van der Waals surface area contributed by atoms with Crippen molar-refractivity contribution in [1.29, 1.82) is 0 Å². The number of nitrogens with one attached hydrogen (secondary N) is 1. The van der Waals surface area contributed by atoms with Crippen molar-refractivity contribution in [1.82, 2.24) is 10.2 Å². The van der Waals surface area contributed by atoms with Gasteiger partial charge in [0.1, 0.15) is 0 Å². The van der Waals surface area contributed by atoms with E-state index >= 15 is 0 Å². The molecule has 1 amide bonds. The van der Waals surface area contributed by atoms with Gasteiger partial charge in [-0.2, -0.15) is 0 Å². The Morgan fingerprint density at radius 1 is 1.29 bits per heavy atom. The molecule has 0 aromatic rings. The lowest BCUT2D eigenvalue weighted by Gasteiger charge is -2.24. The van der Waals surface area contributed by atoms with Gasteiger partial charge in [-0.15, -0.1) is 0 Å². The van der Waals surface area contributed by atoms with Gasteiger partial charge >= 0.3 is 5.97 Å². The van der Waals surface area contributed by atoms with Crippen LogP contribution < -0.4 is 5.32 Å². The number of hydrogen-bond donors (Lipinski definition) is 1. The van der Waals surface area contributed by atoms with Crippen LogP contribution in [-0.2, 0) is 14.3 Å². The largest absolute Gasteiger partial charge is 0.469 e. The molecule has 0 heterocycles. The maximum absolute atomic E-state index is 11.9. The molecule has 0 fully saturated rings. The van der Waals surface area contributed by atoms with E-state index in [0.29, 0.717) is 32.0 Å². The van der Waals surface area contributed by atoms with Gasteiger partial charge in [0.15, 0.2) is 0 Å². The van der Waals surface area contributed by atoms with Crippen molar-refractivity contribution in [2.24, 2.45) is 5.92 Å². The maximum atomic E-state index is 11.9. The Morgan fingerprint density at radius 2 is 1.94 bits per heavy atom. The Bertz CT molecular complexity index is 242. The van der Waals surface area contributed by atoms with E-state index in [0.717, 1.165) is 0 Å². The topological polar surface area (TPSA) is 58.6 Å². The van der Waals surface area contributed by atoms with Gasteiger partial charge < -0.3 is 15.0 Å². The summed E-state index contributed by atoms with van der Waals surface area (Å²) < 4.78 is 4.58. The molecule has 0 unspecified atom stereocenters. The quantitative estimate of drug-likeness (QED) is 0.637. The van der Waals surface area contributed by atoms with Crippen LogP contribution in [0, 0.1) is 5.92 Å². The number of rotatable bonds is 8. The second-order valence-corrected chi connectivity index (χ2v) is 4.41. The number of carbonyl (C=O) groups excluding carboxylic acids is 2. The molecular formula is C12H24N2O3. The Kier molecular flexibility index (Phi) is 8.40. The minimum atomic E-state index is -0.278. The molecule has 0 saturated carbocycles. The van der Waals surface area contributed by atoms with E-state index in [4.69, 9.17) is 0 Å². The van der Waals surface area contributed by atoms with E-state index in [2.05, 4.69) is 23.9 Å². The predicted octanol–water partition coefficient (Wildman–Crippen LogP) is 0.644. The molecule has 0 aliphatic rings. The summed E-state index contributed by atoms with van der Waals surface area (Å²) >= 11 is 0. The molecule has 17 heavy (non-hydrogen) atoms. The fourth-order valence-corrected chi connectivity index (χ4v) is 1.48. The highest BCUT2D eigenvalue weighted by Gasteiger charge is 2.15. The SMILES string of the molecule is CNCCC(=O)N(CCC(=O)OC)CC(C)C. The van der Waals surface area contributed by atoms with Gasteiger partial charge in [0, 0.05) is 26.1 Å². The van der Waals surface area contributed by atoms with E-state index in [9.17, 15) is 9.59 Å². The Labute approximate surface area is 103 Å². The van der Waals surface area contributed by atoms with Crippen LogP contribution in [0.25, 0.3) is 0 Å². The van der Waals surface area contributed by atoms with Crippen molar-refractivity contribution in [3.05, 3.63) is 0 Å². The van der Waals surface area contributed by atoms with Gasteiger partial charge in [0.05, 0.1) is 13.5 Å². The van der Waals surface area contributed by atoms with Crippen LogP contribution >= 0.6 is 0 Å². The number of nitrogens with zero attached hydrogens (tertiary/aromatic N) is 1. The molecule has 0 saturated heterocycles. The summed E-state index contributed by atoms with van der Waals surface area (Å²) in [6.45, 7) is 5.88. The molecule has 0 atom stereocenters. The summed E-state index contributed by atoms with van der Waals surface area (Å²) in [6, 6.07) is 0.